The van der Waals surface area contributed by atoms with Crippen LogP contribution in [0.5, 0.6) is 0 Å². The highest BCUT2D eigenvalue weighted by atomic mass is 35.5. The monoisotopic (exact) mass is 356 g/mol. The summed E-state index contributed by atoms with van der Waals surface area (Å²) in [6, 6.07) is 7.72. The van der Waals surface area contributed by atoms with Crippen LogP contribution >= 0.6 is 23.4 Å². The van der Waals surface area contributed by atoms with Gasteiger partial charge in [-0.15, -0.1) is 11.8 Å². The molecule has 1 aromatic rings. The van der Waals surface area contributed by atoms with Gasteiger partial charge in [0.2, 0.25) is 5.91 Å². The van der Waals surface area contributed by atoms with Crippen molar-refractivity contribution in [3.63, 3.8) is 0 Å². The van der Waals surface area contributed by atoms with E-state index < -0.39 is 0 Å². The lowest BCUT2D eigenvalue weighted by Gasteiger charge is -2.40. The minimum Gasteiger partial charge on any atom is -0.379 e. The Morgan fingerprint density at radius 3 is 2.74 bits per heavy atom. The fourth-order valence-electron chi connectivity index (χ4n) is 2.50. The zero-order valence-corrected chi connectivity index (χ0v) is 15.4. The molecule has 1 saturated heterocycles. The number of morpholine rings is 1. The zero-order valence-electron chi connectivity index (χ0n) is 13.8. The topological polar surface area (TPSA) is 41.6 Å². The van der Waals surface area contributed by atoms with Gasteiger partial charge in [0.25, 0.3) is 0 Å². The molecule has 0 aliphatic carbocycles. The van der Waals surface area contributed by atoms with Gasteiger partial charge < -0.3 is 10.1 Å². The molecule has 1 aliphatic rings. The van der Waals surface area contributed by atoms with Crippen molar-refractivity contribution in [2.75, 3.05) is 38.6 Å². The molecule has 0 bridgehead atoms. The SMILES string of the molecule is CC(C)(CNC(=O)CCSc1ccccc1Cl)N1CCOCC1. The summed E-state index contributed by atoms with van der Waals surface area (Å²) >= 11 is 7.73. The molecule has 4 nitrogen and oxygen atoms in total. The molecule has 23 heavy (non-hydrogen) atoms. The number of halogens is 1. The molecule has 1 fully saturated rings. The van der Waals surface area contributed by atoms with E-state index in [4.69, 9.17) is 16.3 Å². The third-order valence-electron chi connectivity index (χ3n) is 4.01. The van der Waals surface area contributed by atoms with E-state index in [1.165, 1.54) is 0 Å². The smallest absolute Gasteiger partial charge is 0.220 e. The second kappa shape index (κ2) is 8.92. The predicted molar refractivity (Wildman–Crippen MR) is 96.3 cm³/mol. The first-order valence-electron chi connectivity index (χ1n) is 7.96. The third kappa shape index (κ3) is 5.99. The van der Waals surface area contributed by atoms with Crippen LogP contribution in [0.2, 0.25) is 5.02 Å². The second-order valence-electron chi connectivity index (χ2n) is 6.22. The third-order valence-corrected chi connectivity index (χ3v) is 5.53. The number of ether oxygens (including phenoxy) is 1. The van der Waals surface area contributed by atoms with Crippen molar-refractivity contribution in [1.29, 1.82) is 0 Å². The summed E-state index contributed by atoms with van der Waals surface area (Å²) in [5.74, 6) is 0.818. The molecular formula is C17H25ClN2O2S. The molecule has 1 aromatic carbocycles. The van der Waals surface area contributed by atoms with Crippen LogP contribution in [-0.2, 0) is 9.53 Å². The molecule has 128 valence electrons. The highest BCUT2D eigenvalue weighted by molar-refractivity contribution is 7.99. The lowest BCUT2D eigenvalue weighted by molar-refractivity contribution is -0.121. The van der Waals surface area contributed by atoms with E-state index in [1.54, 1.807) is 11.8 Å². The van der Waals surface area contributed by atoms with Gasteiger partial charge in [-0.2, -0.15) is 0 Å². The summed E-state index contributed by atoms with van der Waals surface area (Å²) in [6.45, 7) is 8.37. The maximum absolute atomic E-state index is 12.0. The standard InChI is InChI=1S/C17H25ClN2O2S/c1-17(2,20-8-10-22-11-9-20)13-19-16(21)7-12-23-15-6-4-3-5-14(15)18/h3-6H,7-13H2,1-2H3,(H,19,21). The number of hydrogen-bond acceptors (Lipinski definition) is 4. The number of hydrogen-bond donors (Lipinski definition) is 1. The van der Waals surface area contributed by atoms with Crippen molar-refractivity contribution < 1.29 is 9.53 Å². The fourth-order valence-corrected chi connectivity index (χ4v) is 3.69. The van der Waals surface area contributed by atoms with E-state index in [-0.39, 0.29) is 11.4 Å². The molecule has 1 heterocycles. The van der Waals surface area contributed by atoms with Crippen molar-refractivity contribution in [2.24, 2.45) is 0 Å². The molecule has 2 rings (SSSR count). The van der Waals surface area contributed by atoms with Gasteiger partial charge in [-0.05, 0) is 26.0 Å². The molecular weight excluding hydrogens is 332 g/mol. The highest BCUT2D eigenvalue weighted by Crippen LogP contribution is 2.26. The average Bonchev–Trinajstić information content (AvgIpc) is 2.56. The van der Waals surface area contributed by atoms with Gasteiger partial charge in [0.1, 0.15) is 0 Å². The number of thioether (sulfide) groups is 1. The lowest BCUT2D eigenvalue weighted by Crippen LogP contribution is -2.55. The minimum atomic E-state index is -0.0463. The average molecular weight is 357 g/mol. The van der Waals surface area contributed by atoms with Gasteiger partial charge in [0, 0.05) is 42.2 Å². The van der Waals surface area contributed by atoms with Crippen LogP contribution in [-0.4, -0.2) is 54.9 Å². The summed E-state index contributed by atoms with van der Waals surface area (Å²) in [5.41, 5.74) is -0.0463. The Labute approximate surface area is 147 Å². The molecule has 0 radical (unpaired) electrons. The summed E-state index contributed by atoms with van der Waals surface area (Å²) in [7, 11) is 0. The molecule has 0 saturated carbocycles. The highest BCUT2D eigenvalue weighted by Gasteiger charge is 2.28. The molecule has 1 amide bonds. The van der Waals surface area contributed by atoms with Crippen LogP contribution in [0, 0.1) is 0 Å². The molecule has 0 unspecified atom stereocenters. The van der Waals surface area contributed by atoms with Crippen LogP contribution in [0.15, 0.2) is 29.2 Å². The van der Waals surface area contributed by atoms with E-state index in [0.717, 1.165) is 42.0 Å². The van der Waals surface area contributed by atoms with Gasteiger partial charge in [0.15, 0.2) is 0 Å². The molecule has 1 N–H and O–H groups in total. The molecule has 0 aromatic heterocycles. The van der Waals surface area contributed by atoms with Crippen molar-refractivity contribution in [2.45, 2.75) is 30.7 Å². The van der Waals surface area contributed by atoms with Crippen molar-refractivity contribution in [1.82, 2.24) is 10.2 Å². The van der Waals surface area contributed by atoms with Crippen molar-refractivity contribution in [3.8, 4) is 0 Å². The Hall–Kier alpha value is -0.750. The molecule has 0 atom stereocenters. The number of carbonyl (C=O) groups is 1. The first kappa shape index (κ1) is 18.6. The number of amides is 1. The van der Waals surface area contributed by atoms with Crippen molar-refractivity contribution in [3.05, 3.63) is 29.3 Å². The summed E-state index contributed by atoms with van der Waals surface area (Å²) in [5, 5.41) is 3.80. The van der Waals surface area contributed by atoms with Crippen LogP contribution in [0.1, 0.15) is 20.3 Å². The molecule has 0 spiro atoms. The number of rotatable bonds is 7. The number of nitrogens with zero attached hydrogens (tertiary/aromatic N) is 1. The first-order chi connectivity index (χ1) is 11.0. The first-order valence-corrected chi connectivity index (χ1v) is 9.32. The van der Waals surface area contributed by atoms with Crippen LogP contribution < -0.4 is 5.32 Å². The number of nitrogens with one attached hydrogen (secondary N) is 1. The number of carbonyl (C=O) groups excluding carboxylic acids is 1. The second-order valence-corrected chi connectivity index (χ2v) is 7.76. The summed E-state index contributed by atoms with van der Waals surface area (Å²) in [6.07, 6.45) is 0.495. The Bertz CT molecular complexity index is 519. The maximum atomic E-state index is 12.0. The van der Waals surface area contributed by atoms with Gasteiger partial charge in [-0.25, -0.2) is 0 Å². The van der Waals surface area contributed by atoms with E-state index >= 15 is 0 Å². The zero-order chi connectivity index (χ0) is 16.7. The number of benzene rings is 1. The van der Waals surface area contributed by atoms with Crippen LogP contribution in [0.4, 0.5) is 0 Å². The van der Waals surface area contributed by atoms with E-state index in [2.05, 4.69) is 24.1 Å². The van der Waals surface area contributed by atoms with Gasteiger partial charge in [-0.1, -0.05) is 23.7 Å². The fraction of sp³-hybridized carbons (Fsp3) is 0.588. The minimum absolute atomic E-state index is 0.0463. The lowest BCUT2D eigenvalue weighted by atomic mass is 10.0. The Kier molecular flexibility index (Phi) is 7.21. The van der Waals surface area contributed by atoms with Crippen LogP contribution in [0.25, 0.3) is 0 Å². The normalized spacial score (nSPS) is 16.3. The van der Waals surface area contributed by atoms with Gasteiger partial charge >= 0.3 is 0 Å². The van der Waals surface area contributed by atoms with Crippen LogP contribution in [0.3, 0.4) is 0 Å². The largest absolute Gasteiger partial charge is 0.379 e. The van der Waals surface area contributed by atoms with E-state index in [9.17, 15) is 4.79 Å². The van der Waals surface area contributed by atoms with Crippen molar-refractivity contribution >= 4 is 29.3 Å². The van der Waals surface area contributed by atoms with Gasteiger partial charge in [0.05, 0.1) is 18.2 Å². The Morgan fingerprint density at radius 1 is 1.35 bits per heavy atom. The molecule has 6 heteroatoms. The van der Waals surface area contributed by atoms with E-state index in [1.807, 2.05) is 24.3 Å². The Balaban J connectivity index is 1.69. The predicted octanol–water partition coefficient (Wildman–Crippen LogP) is 3.05. The Morgan fingerprint density at radius 2 is 2.04 bits per heavy atom. The quantitative estimate of drug-likeness (QED) is 0.762. The molecule has 1 aliphatic heterocycles. The van der Waals surface area contributed by atoms with E-state index in [0.29, 0.717) is 13.0 Å². The maximum Gasteiger partial charge on any atom is 0.220 e. The summed E-state index contributed by atoms with van der Waals surface area (Å²) in [4.78, 5) is 15.4. The van der Waals surface area contributed by atoms with Gasteiger partial charge in [-0.3, -0.25) is 9.69 Å². The summed E-state index contributed by atoms with van der Waals surface area (Å²) < 4.78 is 5.38.